The summed E-state index contributed by atoms with van der Waals surface area (Å²) in [6.07, 6.45) is 1.61. The quantitative estimate of drug-likeness (QED) is 0.665. The molecule has 0 atom stereocenters. The number of nitrogens with two attached hydrogens (primary N) is 1. The normalized spacial score (nSPS) is 10.7. The van der Waals surface area contributed by atoms with Crippen LogP contribution in [0.15, 0.2) is 30.5 Å². The molecule has 3 N–H and O–H groups in total. The lowest BCUT2D eigenvalue weighted by molar-refractivity contribution is 0.417. The highest BCUT2D eigenvalue weighted by Crippen LogP contribution is 2.27. The molecule has 6 heteroatoms. The molecule has 0 aliphatic rings. The lowest BCUT2D eigenvalue weighted by Crippen LogP contribution is -1.93. The Labute approximate surface area is 103 Å². The smallest absolute Gasteiger partial charge is 0.180 e. The highest BCUT2D eigenvalue weighted by Gasteiger charge is 2.08. The average Bonchev–Trinajstić information content (AvgIpc) is 2.82. The lowest BCUT2D eigenvalue weighted by atomic mass is 10.2. The van der Waals surface area contributed by atoms with Gasteiger partial charge in [0.2, 0.25) is 0 Å². The Morgan fingerprint density at radius 1 is 1.28 bits per heavy atom. The number of benzene rings is 1. The number of methoxy groups -OCH3 is 1. The Morgan fingerprint density at radius 3 is 2.89 bits per heavy atom. The van der Waals surface area contributed by atoms with Crippen molar-refractivity contribution in [2.24, 2.45) is 0 Å². The van der Waals surface area contributed by atoms with E-state index < -0.39 is 0 Å². The first kappa shape index (κ1) is 10.5. The number of anilines is 1. The number of H-pyrrole nitrogens is 1. The van der Waals surface area contributed by atoms with E-state index in [4.69, 9.17) is 10.5 Å². The number of nitrogens with zero attached hydrogens (tertiary/aromatic N) is 3. The van der Waals surface area contributed by atoms with Crippen molar-refractivity contribution in [3.63, 3.8) is 0 Å². The van der Waals surface area contributed by atoms with E-state index in [2.05, 4.69) is 20.2 Å². The van der Waals surface area contributed by atoms with Crippen molar-refractivity contribution in [2.45, 2.75) is 0 Å². The van der Waals surface area contributed by atoms with Gasteiger partial charge in [-0.15, -0.1) is 5.10 Å². The summed E-state index contributed by atoms with van der Waals surface area (Å²) in [7, 11) is 1.59. The number of hydrogen-bond acceptors (Lipinski definition) is 5. The number of aromatic amines is 1. The molecule has 90 valence electrons. The third-order valence-corrected chi connectivity index (χ3v) is 2.67. The Kier molecular flexibility index (Phi) is 2.33. The number of rotatable bonds is 2. The summed E-state index contributed by atoms with van der Waals surface area (Å²) in [6, 6.07) is 7.31. The topological polar surface area (TPSA) is 89.7 Å². The van der Waals surface area contributed by atoms with E-state index in [0.29, 0.717) is 22.9 Å². The highest BCUT2D eigenvalue weighted by molar-refractivity contribution is 5.76. The number of fused-ring (bicyclic) bond motifs is 1. The lowest BCUT2D eigenvalue weighted by Gasteiger charge is -2.05. The second-order valence-electron chi connectivity index (χ2n) is 3.81. The van der Waals surface area contributed by atoms with Crippen molar-refractivity contribution < 1.29 is 4.74 Å². The predicted molar refractivity (Wildman–Crippen MR) is 68.1 cm³/mol. The van der Waals surface area contributed by atoms with Crippen LogP contribution in [0.1, 0.15) is 0 Å². The van der Waals surface area contributed by atoms with E-state index in [9.17, 15) is 0 Å². The number of nitrogens with one attached hydrogen (secondary N) is 1. The predicted octanol–water partition coefficient (Wildman–Crippen LogP) is 1.61. The van der Waals surface area contributed by atoms with Gasteiger partial charge in [0.05, 0.1) is 19.0 Å². The van der Waals surface area contributed by atoms with Crippen LogP contribution in [0, 0.1) is 0 Å². The Hall–Kier alpha value is -2.63. The number of aromatic nitrogens is 4. The van der Waals surface area contributed by atoms with Gasteiger partial charge >= 0.3 is 0 Å². The van der Waals surface area contributed by atoms with Gasteiger partial charge < -0.3 is 15.5 Å². The van der Waals surface area contributed by atoms with E-state index in [1.54, 1.807) is 19.4 Å². The maximum absolute atomic E-state index is 5.87. The van der Waals surface area contributed by atoms with Crippen LogP contribution in [0.25, 0.3) is 22.6 Å². The van der Waals surface area contributed by atoms with Crippen LogP contribution in [-0.4, -0.2) is 27.3 Å². The second-order valence-corrected chi connectivity index (χ2v) is 3.81. The van der Waals surface area contributed by atoms with Gasteiger partial charge in [-0.2, -0.15) is 5.10 Å². The Balaban J connectivity index is 2.11. The van der Waals surface area contributed by atoms with Gasteiger partial charge in [0.15, 0.2) is 5.65 Å². The van der Waals surface area contributed by atoms with Crippen molar-refractivity contribution in [1.29, 1.82) is 0 Å². The first-order valence-corrected chi connectivity index (χ1v) is 5.39. The van der Waals surface area contributed by atoms with Gasteiger partial charge in [0.25, 0.3) is 0 Å². The van der Waals surface area contributed by atoms with Crippen molar-refractivity contribution in [3.05, 3.63) is 30.5 Å². The molecule has 2 aromatic heterocycles. The molecule has 0 saturated carbocycles. The third-order valence-electron chi connectivity index (χ3n) is 2.67. The summed E-state index contributed by atoms with van der Waals surface area (Å²) in [6.45, 7) is 0. The fraction of sp³-hybridized carbons (Fsp3) is 0.0833. The summed E-state index contributed by atoms with van der Waals surface area (Å²) in [4.78, 5) is 7.52. The van der Waals surface area contributed by atoms with Crippen LogP contribution < -0.4 is 10.5 Å². The average molecular weight is 241 g/mol. The summed E-state index contributed by atoms with van der Waals surface area (Å²) in [5.74, 6) is 1.36. The van der Waals surface area contributed by atoms with Gasteiger partial charge in [0, 0.05) is 5.56 Å². The van der Waals surface area contributed by atoms with Crippen LogP contribution in [-0.2, 0) is 0 Å². The van der Waals surface area contributed by atoms with E-state index in [-0.39, 0.29) is 0 Å². The summed E-state index contributed by atoms with van der Waals surface area (Å²) < 4.78 is 5.12. The van der Waals surface area contributed by atoms with Gasteiger partial charge in [-0.1, -0.05) is 0 Å². The molecule has 0 radical (unpaired) electrons. The molecule has 0 saturated heterocycles. The maximum atomic E-state index is 5.87. The SMILES string of the molecule is COc1ccc(-c2nc3ccnnc3[nH]2)cc1N. The summed E-state index contributed by atoms with van der Waals surface area (Å²) in [5, 5.41) is 7.76. The molecule has 6 nitrogen and oxygen atoms in total. The van der Waals surface area contributed by atoms with Crippen LogP contribution >= 0.6 is 0 Å². The molecule has 2 heterocycles. The summed E-state index contributed by atoms with van der Waals surface area (Å²) in [5.41, 5.74) is 8.75. The molecule has 0 amide bonds. The van der Waals surface area contributed by atoms with Gasteiger partial charge in [-0.3, -0.25) is 0 Å². The van der Waals surface area contributed by atoms with Gasteiger partial charge in [0.1, 0.15) is 17.1 Å². The third kappa shape index (κ3) is 1.64. The van der Waals surface area contributed by atoms with Crippen molar-refractivity contribution in [1.82, 2.24) is 20.2 Å². The minimum atomic E-state index is 0.571. The molecule has 1 aromatic carbocycles. The van der Waals surface area contributed by atoms with Crippen LogP contribution in [0.4, 0.5) is 5.69 Å². The molecule has 0 spiro atoms. The van der Waals surface area contributed by atoms with Crippen molar-refractivity contribution >= 4 is 16.9 Å². The first-order valence-electron chi connectivity index (χ1n) is 5.39. The van der Waals surface area contributed by atoms with Crippen molar-refractivity contribution in [3.8, 4) is 17.1 Å². The zero-order valence-corrected chi connectivity index (χ0v) is 9.71. The molecule has 3 rings (SSSR count). The largest absolute Gasteiger partial charge is 0.495 e. The molecule has 0 bridgehead atoms. The Morgan fingerprint density at radius 2 is 2.17 bits per heavy atom. The first-order chi connectivity index (χ1) is 8.78. The van der Waals surface area contributed by atoms with Crippen LogP contribution in [0.5, 0.6) is 5.75 Å². The second kappa shape index (κ2) is 3.99. The number of ether oxygens (including phenoxy) is 1. The monoisotopic (exact) mass is 241 g/mol. The zero-order valence-electron chi connectivity index (χ0n) is 9.71. The van der Waals surface area contributed by atoms with Gasteiger partial charge in [-0.05, 0) is 24.3 Å². The molecule has 18 heavy (non-hydrogen) atoms. The number of hydrogen-bond donors (Lipinski definition) is 2. The fourth-order valence-corrected chi connectivity index (χ4v) is 1.78. The highest BCUT2D eigenvalue weighted by atomic mass is 16.5. The zero-order chi connectivity index (χ0) is 12.5. The molecule has 0 fully saturated rings. The number of nitrogen functional groups attached to an aromatic ring is 1. The van der Waals surface area contributed by atoms with E-state index in [1.165, 1.54) is 0 Å². The van der Waals surface area contributed by atoms with E-state index in [0.717, 1.165) is 11.1 Å². The van der Waals surface area contributed by atoms with Crippen molar-refractivity contribution in [2.75, 3.05) is 12.8 Å². The standard InChI is InChI=1S/C12H11N5O/c1-18-10-3-2-7(6-8(10)13)11-15-9-4-5-14-17-12(9)16-11/h2-6H,13H2,1H3,(H,15,16,17). The molecular formula is C12H11N5O. The van der Waals surface area contributed by atoms with Gasteiger partial charge in [-0.25, -0.2) is 4.98 Å². The molecule has 3 aromatic rings. The molecule has 0 aliphatic carbocycles. The fourth-order valence-electron chi connectivity index (χ4n) is 1.78. The Bertz CT molecular complexity index is 674. The molecular weight excluding hydrogens is 230 g/mol. The maximum Gasteiger partial charge on any atom is 0.180 e. The summed E-state index contributed by atoms with van der Waals surface area (Å²) >= 11 is 0. The van der Waals surface area contributed by atoms with Crippen LogP contribution in [0.3, 0.4) is 0 Å². The van der Waals surface area contributed by atoms with E-state index in [1.807, 2.05) is 18.2 Å². The minimum Gasteiger partial charge on any atom is -0.495 e. The van der Waals surface area contributed by atoms with E-state index >= 15 is 0 Å². The van der Waals surface area contributed by atoms with Crippen LogP contribution in [0.2, 0.25) is 0 Å². The number of imidazole rings is 1. The molecule has 0 aliphatic heterocycles. The minimum absolute atomic E-state index is 0.571. The molecule has 0 unspecified atom stereocenters.